The zero-order valence-corrected chi connectivity index (χ0v) is 8.14. The SMILES string of the molecule is CC(=O)OC[CH][CH][CH]c1ccccc1. The molecule has 0 atom stereocenters. The number of carbonyl (C=O) groups excluding carboxylic acids is 1. The van der Waals surface area contributed by atoms with Crippen LogP contribution in [0.2, 0.25) is 0 Å². The van der Waals surface area contributed by atoms with Crippen molar-refractivity contribution >= 4 is 5.97 Å². The Morgan fingerprint density at radius 3 is 2.71 bits per heavy atom. The minimum Gasteiger partial charge on any atom is -0.466 e. The van der Waals surface area contributed by atoms with Crippen LogP contribution < -0.4 is 0 Å². The molecule has 0 saturated carbocycles. The van der Waals surface area contributed by atoms with Gasteiger partial charge in [-0.2, -0.15) is 0 Å². The summed E-state index contributed by atoms with van der Waals surface area (Å²) in [4.78, 5) is 10.4. The molecule has 1 rings (SSSR count). The number of rotatable bonds is 5. The first-order valence-electron chi connectivity index (χ1n) is 4.47. The Morgan fingerprint density at radius 1 is 1.36 bits per heavy atom. The molecule has 73 valence electrons. The number of carbonyl (C=O) groups is 1. The Kier molecular flexibility index (Phi) is 4.76. The molecule has 0 N–H and O–H groups in total. The van der Waals surface area contributed by atoms with Crippen LogP contribution in [0.4, 0.5) is 0 Å². The summed E-state index contributed by atoms with van der Waals surface area (Å²) in [7, 11) is 0. The number of ether oxygens (including phenoxy) is 1. The fourth-order valence-corrected chi connectivity index (χ4v) is 0.964. The van der Waals surface area contributed by atoms with Gasteiger partial charge in [0.05, 0.1) is 6.61 Å². The van der Waals surface area contributed by atoms with Crippen LogP contribution in [0.25, 0.3) is 0 Å². The van der Waals surface area contributed by atoms with Crippen LogP contribution >= 0.6 is 0 Å². The standard InChI is InChI=1S/C12H13O2/c1-11(13)14-10-6-5-9-12-7-3-2-4-8-12/h2-9H,10H2,1H3. The Balaban J connectivity index is 2.08. The molecule has 0 aliphatic rings. The zero-order chi connectivity index (χ0) is 10.2. The topological polar surface area (TPSA) is 26.3 Å². The Bertz CT molecular complexity index is 267. The number of hydrogen-bond acceptors (Lipinski definition) is 2. The average molecular weight is 189 g/mol. The van der Waals surface area contributed by atoms with E-state index in [0.717, 1.165) is 5.56 Å². The summed E-state index contributed by atoms with van der Waals surface area (Å²) >= 11 is 0. The van der Waals surface area contributed by atoms with Crippen molar-refractivity contribution in [3.8, 4) is 0 Å². The van der Waals surface area contributed by atoms with Gasteiger partial charge in [-0.25, -0.2) is 0 Å². The fourth-order valence-electron chi connectivity index (χ4n) is 0.964. The molecule has 0 amide bonds. The van der Waals surface area contributed by atoms with Gasteiger partial charge in [-0.05, 0) is 18.4 Å². The van der Waals surface area contributed by atoms with Crippen molar-refractivity contribution in [1.82, 2.24) is 0 Å². The van der Waals surface area contributed by atoms with Crippen LogP contribution in [0, 0.1) is 19.3 Å². The molecule has 0 aliphatic heterocycles. The zero-order valence-electron chi connectivity index (χ0n) is 8.14. The molecule has 0 unspecified atom stereocenters. The molecule has 1 aromatic carbocycles. The van der Waals surface area contributed by atoms with E-state index in [2.05, 4.69) is 0 Å². The van der Waals surface area contributed by atoms with Gasteiger partial charge in [0.1, 0.15) is 0 Å². The predicted molar refractivity (Wildman–Crippen MR) is 55.1 cm³/mol. The highest BCUT2D eigenvalue weighted by molar-refractivity contribution is 5.65. The van der Waals surface area contributed by atoms with E-state index in [1.807, 2.05) is 43.2 Å². The third-order valence-electron chi connectivity index (χ3n) is 1.61. The van der Waals surface area contributed by atoms with Gasteiger partial charge in [-0.15, -0.1) is 0 Å². The molecule has 0 saturated heterocycles. The average Bonchev–Trinajstić information content (AvgIpc) is 2.18. The smallest absolute Gasteiger partial charge is 0.302 e. The second-order valence-corrected chi connectivity index (χ2v) is 2.81. The summed E-state index contributed by atoms with van der Waals surface area (Å²) in [5.74, 6) is -0.255. The molecule has 14 heavy (non-hydrogen) atoms. The van der Waals surface area contributed by atoms with Crippen molar-refractivity contribution in [2.75, 3.05) is 6.61 Å². The van der Waals surface area contributed by atoms with Gasteiger partial charge in [-0.1, -0.05) is 30.3 Å². The molecule has 0 spiro atoms. The predicted octanol–water partition coefficient (Wildman–Crippen LogP) is 2.21. The van der Waals surface area contributed by atoms with E-state index < -0.39 is 0 Å². The van der Waals surface area contributed by atoms with Gasteiger partial charge < -0.3 is 4.74 Å². The molecule has 0 fully saturated rings. The third-order valence-corrected chi connectivity index (χ3v) is 1.61. The molecule has 2 nitrogen and oxygen atoms in total. The van der Waals surface area contributed by atoms with Crippen LogP contribution in [0.15, 0.2) is 30.3 Å². The van der Waals surface area contributed by atoms with Crippen LogP contribution in [0.1, 0.15) is 12.5 Å². The van der Waals surface area contributed by atoms with Crippen LogP contribution in [0.3, 0.4) is 0 Å². The summed E-state index contributed by atoms with van der Waals surface area (Å²) in [5, 5.41) is 0. The van der Waals surface area contributed by atoms with Crippen molar-refractivity contribution < 1.29 is 9.53 Å². The first kappa shape index (κ1) is 10.8. The van der Waals surface area contributed by atoms with E-state index in [1.54, 1.807) is 6.42 Å². The minimum absolute atomic E-state index is 0.255. The molecular formula is C12H13O2. The maximum atomic E-state index is 10.4. The summed E-state index contributed by atoms with van der Waals surface area (Å²) in [6.45, 7) is 1.73. The minimum atomic E-state index is -0.255. The van der Waals surface area contributed by atoms with Gasteiger partial charge in [-0.3, -0.25) is 4.79 Å². The largest absolute Gasteiger partial charge is 0.466 e. The molecular weight excluding hydrogens is 176 g/mol. The monoisotopic (exact) mass is 189 g/mol. The maximum Gasteiger partial charge on any atom is 0.302 e. The second kappa shape index (κ2) is 6.19. The summed E-state index contributed by atoms with van der Waals surface area (Å²) in [6.07, 6.45) is 5.64. The van der Waals surface area contributed by atoms with Gasteiger partial charge in [0.25, 0.3) is 0 Å². The highest BCUT2D eigenvalue weighted by atomic mass is 16.5. The number of unbranched alkanes of at least 4 members (excludes halogenated alkanes) is 1. The molecule has 0 bridgehead atoms. The Labute approximate surface area is 84.9 Å². The summed E-state index contributed by atoms with van der Waals surface area (Å²) in [5.41, 5.74) is 1.13. The third kappa shape index (κ3) is 4.65. The first-order chi connectivity index (χ1) is 6.79. The quantitative estimate of drug-likeness (QED) is 0.524. The van der Waals surface area contributed by atoms with Gasteiger partial charge in [0.2, 0.25) is 0 Å². The van der Waals surface area contributed by atoms with E-state index in [-0.39, 0.29) is 5.97 Å². The number of hydrogen-bond donors (Lipinski definition) is 0. The van der Waals surface area contributed by atoms with Crippen LogP contribution in [0.5, 0.6) is 0 Å². The van der Waals surface area contributed by atoms with E-state index in [1.165, 1.54) is 6.92 Å². The van der Waals surface area contributed by atoms with E-state index >= 15 is 0 Å². The van der Waals surface area contributed by atoms with Gasteiger partial charge >= 0.3 is 5.97 Å². The molecule has 0 aliphatic carbocycles. The van der Waals surface area contributed by atoms with E-state index in [4.69, 9.17) is 4.74 Å². The molecule has 0 aromatic heterocycles. The van der Waals surface area contributed by atoms with Gasteiger partial charge in [0.15, 0.2) is 0 Å². The summed E-state index contributed by atoms with van der Waals surface area (Å²) < 4.78 is 4.73. The lowest BCUT2D eigenvalue weighted by Gasteiger charge is -2.01. The number of esters is 1. The highest BCUT2D eigenvalue weighted by Gasteiger charge is 1.95. The lowest BCUT2D eigenvalue weighted by molar-refractivity contribution is -0.140. The lowest BCUT2D eigenvalue weighted by Crippen LogP contribution is -2.01. The van der Waals surface area contributed by atoms with E-state index in [9.17, 15) is 4.79 Å². The van der Waals surface area contributed by atoms with Crippen LogP contribution in [-0.2, 0) is 9.53 Å². The maximum absolute atomic E-state index is 10.4. The number of benzene rings is 1. The lowest BCUT2D eigenvalue weighted by atomic mass is 10.1. The fraction of sp³-hybridized carbons (Fsp3) is 0.167. The highest BCUT2D eigenvalue weighted by Crippen LogP contribution is 2.05. The van der Waals surface area contributed by atoms with Crippen LogP contribution in [-0.4, -0.2) is 12.6 Å². The summed E-state index contributed by atoms with van der Waals surface area (Å²) in [6, 6.07) is 9.95. The molecule has 1 aromatic rings. The second-order valence-electron chi connectivity index (χ2n) is 2.81. The Morgan fingerprint density at radius 2 is 2.07 bits per heavy atom. The Hall–Kier alpha value is -1.31. The van der Waals surface area contributed by atoms with Crippen molar-refractivity contribution in [1.29, 1.82) is 0 Å². The van der Waals surface area contributed by atoms with Gasteiger partial charge in [0, 0.05) is 13.3 Å². The van der Waals surface area contributed by atoms with E-state index in [0.29, 0.717) is 6.61 Å². The van der Waals surface area contributed by atoms with Crippen molar-refractivity contribution in [3.63, 3.8) is 0 Å². The molecule has 3 radical (unpaired) electrons. The molecule has 2 heteroatoms. The van der Waals surface area contributed by atoms with Crippen molar-refractivity contribution in [3.05, 3.63) is 55.2 Å². The van der Waals surface area contributed by atoms with Crippen molar-refractivity contribution in [2.45, 2.75) is 6.92 Å². The van der Waals surface area contributed by atoms with Crippen molar-refractivity contribution in [2.24, 2.45) is 0 Å². The molecule has 0 heterocycles. The normalized spacial score (nSPS) is 9.79. The first-order valence-corrected chi connectivity index (χ1v) is 4.47.